The Labute approximate surface area is 112 Å². The summed E-state index contributed by atoms with van der Waals surface area (Å²) in [5.41, 5.74) is 0.321. The number of rotatable bonds is 5. The maximum Gasteiger partial charge on any atom is 0.270 e. The van der Waals surface area contributed by atoms with Crippen molar-refractivity contribution in [1.29, 1.82) is 0 Å². The Kier molecular flexibility index (Phi) is 4.64. The number of phenolic OH excluding ortho intramolecular Hbond substituents is 1. The number of Topliss-reactive ketones (excluding diaryl/α,β-unsaturated/α-hetero) is 1. The van der Waals surface area contributed by atoms with E-state index < -0.39 is 4.92 Å². The van der Waals surface area contributed by atoms with Crippen LogP contribution in [0.2, 0.25) is 0 Å². The summed E-state index contributed by atoms with van der Waals surface area (Å²) in [4.78, 5) is 22.4. The minimum atomic E-state index is -0.544. The molecule has 1 aromatic rings. The number of aromatic hydroxyl groups is 1. The van der Waals surface area contributed by atoms with E-state index >= 15 is 0 Å². The fraction of sp³-hybridized carbons (Fsp3) is 0.500. The van der Waals surface area contributed by atoms with Crippen LogP contribution in [0.4, 0.5) is 5.69 Å². The van der Waals surface area contributed by atoms with Crippen molar-refractivity contribution in [2.45, 2.75) is 40.0 Å². The summed E-state index contributed by atoms with van der Waals surface area (Å²) in [5.74, 6) is -0.358. The Morgan fingerprint density at radius 1 is 1.32 bits per heavy atom. The molecule has 0 fully saturated rings. The zero-order valence-corrected chi connectivity index (χ0v) is 11.6. The second-order valence-corrected chi connectivity index (χ2v) is 5.36. The van der Waals surface area contributed by atoms with E-state index in [9.17, 15) is 20.0 Å². The number of nitro benzene ring substituents is 1. The minimum absolute atomic E-state index is 0.0478. The Hall–Kier alpha value is -1.91. The number of carbonyl (C=O) groups excluding carboxylic acids is 1. The number of hydrogen-bond donors (Lipinski definition) is 1. The average molecular weight is 265 g/mol. The smallest absolute Gasteiger partial charge is 0.270 e. The first kappa shape index (κ1) is 15.1. The van der Waals surface area contributed by atoms with E-state index in [1.807, 2.05) is 27.7 Å². The molecule has 0 amide bonds. The van der Waals surface area contributed by atoms with Gasteiger partial charge in [0, 0.05) is 24.1 Å². The average Bonchev–Trinajstić information content (AvgIpc) is 2.27. The van der Waals surface area contributed by atoms with Gasteiger partial charge in [0.15, 0.2) is 5.78 Å². The monoisotopic (exact) mass is 265 g/mol. The molecule has 5 nitrogen and oxygen atoms in total. The van der Waals surface area contributed by atoms with Gasteiger partial charge in [-0.25, -0.2) is 0 Å². The molecule has 0 aliphatic heterocycles. The number of phenols is 1. The van der Waals surface area contributed by atoms with Crippen molar-refractivity contribution in [3.05, 3.63) is 33.4 Å². The molecule has 1 N–H and O–H groups in total. The molecule has 0 aromatic heterocycles. The van der Waals surface area contributed by atoms with Crippen LogP contribution in [0, 0.1) is 16.0 Å². The quantitative estimate of drug-likeness (QED) is 0.500. The topological polar surface area (TPSA) is 80.4 Å². The number of carbonyl (C=O) groups is 1. The van der Waals surface area contributed by atoms with Gasteiger partial charge in [-0.1, -0.05) is 27.7 Å². The van der Waals surface area contributed by atoms with Gasteiger partial charge < -0.3 is 5.11 Å². The first-order chi connectivity index (χ1) is 8.73. The summed E-state index contributed by atoms with van der Waals surface area (Å²) in [7, 11) is 0. The Bertz CT molecular complexity index is 506. The second-order valence-electron chi connectivity index (χ2n) is 5.36. The molecule has 19 heavy (non-hydrogen) atoms. The van der Waals surface area contributed by atoms with Crippen molar-refractivity contribution in [3.63, 3.8) is 0 Å². The molecule has 1 aromatic carbocycles. The summed E-state index contributed by atoms with van der Waals surface area (Å²) < 4.78 is 0. The number of benzene rings is 1. The third-order valence-corrected chi connectivity index (χ3v) is 2.85. The SMILES string of the molecule is CC(C)CC(=O)c1cc([N+](=O)[O-])cc(C(C)C)c1O. The van der Waals surface area contributed by atoms with Crippen LogP contribution in [0.3, 0.4) is 0 Å². The van der Waals surface area contributed by atoms with Gasteiger partial charge in [-0.05, 0) is 11.8 Å². The lowest BCUT2D eigenvalue weighted by atomic mass is 9.93. The molecule has 0 heterocycles. The van der Waals surface area contributed by atoms with Gasteiger partial charge in [0.05, 0.1) is 10.5 Å². The standard InChI is InChI=1S/C14H19NO4/c1-8(2)5-13(16)12-7-10(15(18)19)6-11(9(3)4)14(12)17/h6-9,17H,5H2,1-4H3. The van der Waals surface area contributed by atoms with Crippen LogP contribution in [0.5, 0.6) is 5.75 Å². The van der Waals surface area contributed by atoms with E-state index in [-0.39, 0.29) is 41.0 Å². The van der Waals surface area contributed by atoms with E-state index in [1.54, 1.807) is 0 Å². The maximum absolute atomic E-state index is 12.0. The Morgan fingerprint density at radius 3 is 2.32 bits per heavy atom. The molecule has 0 bridgehead atoms. The van der Waals surface area contributed by atoms with Crippen LogP contribution in [0.25, 0.3) is 0 Å². The van der Waals surface area contributed by atoms with Crippen LogP contribution in [-0.4, -0.2) is 15.8 Å². The van der Waals surface area contributed by atoms with Crippen molar-refractivity contribution in [3.8, 4) is 5.75 Å². The molecule has 5 heteroatoms. The molecule has 0 unspecified atom stereocenters. The van der Waals surface area contributed by atoms with Crippen LogP contribution >= 0.6 is 0 Å². The van der Waals surface area contributed by atoms with E-state index in [2.05, 4.69) is 0 Å². The molecule has 0 aliphatic carbocycles. The lowest BCUT2D eigenvalue weighted by Crippen LogP contribution is -2.06. The van der Waals surface area contributed by atoms with Gasteiger partial charge >= 0.3 is 0 Å². The van der Waals surface area contributed by atoms with Crippen molar-refractivity contribution in [1.82, 2.24) is 0 Å². The lowest BCUT2D eigenvalue weighted by molar-refractivity contribution is -0.385. The first-order valence-corrected chi connectivity index (χ1v) is 6.28. The summed E-state index contributed by atoms with van der Waals surface area (Å²) >= 11 is 0. The third-order valence-electron chi connectivity index (χ3n) is 2.85. The minimum Gasteiger partial charge on any atom is -0.507 e. The van der Waals surface area contributed by atoms with E-state index in [0.717, 1.165) is 6.07 Å². The number of hydrogen-bond acceptors (Lipinski definition) is 4. The molecule has 104 valence electrons. The maximum atomic E-state index is 12.0. The zero-order chi connectivity index (χ0) is 14.7. The number of ketones is 1. The van der Waals surface area contributed by atoms with Crippen molar-refractivity contribution in [2.24, 2.45) is 5.92 Å². The highest BCUT2D eigenvalue weighted by molar-refractivity contribution is 5.99. The normalized spacial score (nSPS) is 11.1. The van der Waals surface area contributed by atoms with Gasteiger partial charge in [-0.3, -0.25) is 14.9 Å². The fourth-order valence-corrected chi connectivity index (χ4v) is 1.88. The molecule has 0 spiro atoms. The number of non-ortho nitro benzene ring substituents is 1. The zero-order valence-electron chi connectivity index (χ0n) is 11.6. The number of nitrogens with zero attached hydrogens (tertiary/aromatic N) is 1. The Morgan fingerprint density at radius 2 is 1.89 bits per heavy atom. The van der Waals surface area contributed by atoms with Gasteiger partial charge in [0.1, 0.15) is 5.75 Å². The predicted octanol–water partition coefficient (Wildman–Crippen LogP) is 3.65. The second kappa shape index (κ2) is 5.82. The first-order valence-electron chi connectivity index (χ1n) is 6.28. The molecule has 0 radical (unpaired) electrons. The molecule has 0 aliphatic rings. The molecular weight excluding hydrogens is 246 g/mol. The summed E-state index contributed by atoms with van der Waals surface area (Å²) in [6.45, 7) is 7.40. The molecule has 1 rings (SSSR count). The lowest BCUT2D eigenvalue weighted by Gasteiger charge is -2.12. The van der Waals surface area contributed by atoms with Crippen molar-refractivity contribution >= 4 is 11.5 Å². The summed E-state index contributed by atoms with van der Waals surface area (Å²) in [6, 6.07) is 2.48. The molecule has 0 saturated heterocycles. The van der Waals surface area contributed by atoms with E-state index in [4.69, 9.17) is 0 Å². The predicted molar refractivity (Wildman–Crippen MR) is 72.6 cm³/mol. The Balaban J connectivity index is 3.37. The van der Waals surface area contributed by atoms with E-state index in [1.165, 1.54) is 6.07 Å². The highest BCUT2D eigenvalue weighted by atomic mass is 16.6. The van der Waals surface area contributed by atoms with Crippen LogP contribution in [-0.2, 0) is 0 Å². The van der Waals surface area contributed by atoms with Gasteiger partial charge in [-0.15, -0.1) is 0 Å². The molecular formula is C14H19NO4. The summed E-state index contributed by atoms with van der Waals surface area (Å²) in [5, 5.41) is 21.0. The van der Waals surface area contributed by atoms with Crippen molar-refractivity contribution < 1.29 is 14.8 Å². The van der Waals surface area contributed by atoms with E-state index in [0.29, 0.717) is 5.56 Å². The highest BCUT2D eigenvalue weighted by Gasteiger charge is 2.22. The third kappa shape index (κ3) is 3.53. The van der Waals surface area contributed by atoms with Crippen molar-refractivity contribution in [2.75, 3.05) is 0 Å². The summed E-state index contributed by atoms with van der Waals surface area (Å²) in [6.07, 6.45) is 0.256. The number of nitro groups is 1. The fourth-order valence-electron chi connectivity index (χ4n) is 1.88. The van der Waals surface area contributed by atoms with Crippen LogP contribution in [0.15, 0.2) is 12.1 Å². The molecule has 0 atom stereocenters. The van der Waals surface area contributed by atoms with Gasteiger partial charge in [0.2, 0.25) is 0 Å². The van der Waals surface area contributed by atoms with Gasteiger partial charge in [0.25, 0.3) is 5.69 Å². The van der Waals surface area contributed by atoms with Crippen LogP contribution < -0.4 is 0 Å². The highest BCUT2D eigenvalue weighted by Crippen LogP contribution is 2.34. The van der Waals surface area contributed by atoms with Crippen LogP contribution in [0.1, 0.15) is 56.0 Å². The molecule has 0 saturated carbocycles. The van der Waals surface area contributed by atoms with Gasteiger partial charge in [-0.2, -0.15) is 0 Å². The largest absolute Gasteiger partial charge is 0.507 e.